The van der Waals surface area contributed by atoms with Gasteiger partial charge in [0.2, 0.25) is 0 Å². The van der Waals surface area contributed by atoms with Crippen molar-refractivity contribution in [3.63, 3.8) is 0 Å². The lowest BCUT2D eigenvalue weighted by atomic mass is 9.99. The molecule has 1 aromatic heterocycles. The molecule has 2 aromatic rings. The summed E-state index contributed by atoms with van der Waals surface area (Å²) in [4.78, 5) is 4.31. The van der Waals surface area contributed by atoms with Gasteiger partial charge in [-0.1, -0.05) is 12.8 Å². The molecule has 17 heavy (non-hydrogen) atoms. The molecule has 1 aliphatic rings. The molecular formula is C14H18N2S. The molecule has 1 aliphatic carbocycles. The van der Waals surface area contributed by atoms with Gasteiger partial charge < -0.3 is 5.32 Å². The minimum atomic E-state index is 0.586. The molecular weight excluding hydrogens is 228 g/mol. The average Bonchev–Trinajstić information content (AvgIpc) is 2.99. The van der Waals surface area contributed by atoms with Gasteiger partial charge in [-0.05, 0) is 43.9 Å². The summed E-state index contributed by atoms with van der Waals surface area (Å²) in [6, 6.07) is 7.06. The summed E-state index contributed by atoms with van der Waals surface area (Å²) in [5.41, 5.74) is 4.25. The quantitative estimate of drug-likeness (QED) is 0.874. The Morgan fingerprint density at radius 2 is 2.18 bits per heavy atom. The number of hydrogen-bond donors (Lipinski definition) is 1. The normalized spacial score (nSPS) is 18.6. The molecule has 1 aromatic carbocycles. The van der Waals surface area contributed by atoms with E-state index in [1.807, 2.05) is 5.51 Å². The lowest BCUT2D eigenvalue weighted by Crippen LogP contribution is -2.23. The maximum absolute atomic E-state index is 4.31. The number of benzene rings is 1. The van der Waals surface area contributed by atoms with Gasteiger partial charge in [0.15, 0.2) is 0 Å². The van der Waals surface area contributed by atoms with Crippen molar-refractivity contribution >= 4 is 27.2 Å². The largest absolute Gasteiger partial charge is 0.382 e. The van der Waals surface area contributed by atoms with E-state index in [2.05, 4.69) is 35.4 Å². The first kappa shape index (κ1) is 11.0. The van der Waals surface area contributed by atoms with E-state index < -0.39 is 0 Å². The van der Waals surface area contributed by atoms with Crippen molar-refractivity contribution in [2.75, 3.05) is 5.32 Å². The maximum Gasteiger partial charge on any atom is 0.0813 e. The highest BCUT2D eigenvalue weighted by Crippen LogP contribution is 2.30. The summed E-state index contributed by atoms with van der Waals surface area (Å²) in [6.45, 7) is 2.31. The molecule has 0 radical (unpaired) electrons. The lowest BCUT2D eigenvalue weighted by Gasteiger charge is -2.21. The summed E-state index contributed by atoms with van der Waals surface area (Å²) in [5, 5.41) is 3.64. The van der Waals surface area contributed by atoms with Gasteiger partial charge in [0.05, 0.1) is 15.7 Å². The third kappa shape index (κ3) is 2.29. The van der Waals surface area contributed by atoms with Gasteiger partial charge >= 0.3 is 0 Å². The van der Waals surface area contributed by atoms with Crippen LogP contribution in [0.5, 0.6) is 0 Å². The highest BCUT2D eigenvalue weighted by Gasteiger charge is 2.21. The molecule has 90 valence electrons. The number of rotatable bonds is 3. The molecule has 0 spiro atoms. The number of anilines is 1. The van der Waals surface area contributed by atoms with Crippen molar-refractivity contribution in [2.45, 2.75) is 38.6 Å². The molecule has 1 atom stereocenters. The highest BCUT2D eigenvalue weighted by atomic mass is 32.1. The van der Waals surface area contributed by atoms with Crippen LogP contribution in [0.2, 0.25) is 0 Å². The molecule has 0 amide bonds. The number of hydrogen-bond acceptors (Lipinski definition) is 3. The zero-order chi connectivity index (χ0) is 11.7. The molecule has 1 fully saturated rings. The number of nitrogens with one attached hydrogen (secondary N) is 1. The van der Waals surface area contributed by atoms with Gasteiger partial charge in [0.25, 0.3) is 0 Å². The predicted molar refractivity (Wildman–Crippen MR) is 74.7 cm³/mol. The number of aromatic nitrogens is 1. The molecule has 2 nitrogen and oxygen atoms in total. The molecule has 0 saturated heterocycles. The number of nitrogens with zero attached hydrogens (tertiary/aromatic N) is 1. The van der Waals surface area contributed by atoms with Crippen LogP contribution in [0.25, 0.3) is 10.2 Å². The molecule has 1 saturated carbocycles. The van der Waals surface area contributed by atoms with Crippen molar-refractivity contribution in [1.82, 2.24) is 4.98 Å². The molecule has 0 bridgehead atoms. The SMILES string of the molecule is CC(Nc1ccc2ncsc2c1)C1CCCC1. The van der Waals surface area contributed by atoms with Crippen LogP contribution in [-0.2, 0) is 0 Å². The van der Waals surface area contributed by atoms with Crippen molar-refractivity contribution < 1.29 is 0 Å². The topological polar surface area (TPSA) is 24.9 Å². The van der Waals surface area contributed by atoms with Crippen LogP contribution in [0.15, 0.2) is 23.7 Å². The third-order valence-electron chi connectivity index (χ3n) is 3.83. The standard InChI is InChI=1S/C14H18N2S/c1-10(11-4-2-3-5-11)16-12-6-7-13-14(8-12)17-9-15-13/h6-11,16H,2-5H2,1H3. The second-order valence-corrected chi connectivity index (χ2v) is 5.90. The van der Waals surface area contributed by atoms with E-state index in [1.54, 1.807) is 11.3 Å². The Labute approximate surface area is 106 Å². The van der Waals surface area contributed by atoms with Crippen LogP contribution in [0, 0.1) is 5.92 Å². The predicted octanol–water partition coefficient (Wildman–Crippen LogP) is 4.29. The second kappa shape index (κ2) is 4.65. The third-order valence-corrected chi connectivity index (χ3v) is 4.62. The van der Waals surface area contributed by atoms with Crippen LogP contribution in [0.1, 0.15) is 32.6 Å². The minimum Gasteiger partial charge on any atom is -0.382 e. The van der Waals surface area contributed by atoms with E-state index in [1.165, 1.54) is 36.1 Å². The average molecular weight is 246 g/mol. The Kier molecular flexibility index (Phi) is 3.02. The summed E-state index contributed by atoms with van der Waals surface area (Å²) in [5.74, 6) is 0.854. The Morgan fingerprint density at radius 1 is 1.35 bits per heavy atom. The monoisotopic (exact) mass is 246 g/mol. The first-order valence-electron chi connectivity index (χ1n) is 6.43. The van der Waals surface area contributed by atoms with Gasteiger partial charge in [-0.3, -0.25) is 0 Å². The number of fused-ring (bicyclic) bond motifs is 1. The zero-order valence-electron chi connectivity index (χ0n) is 10.1. The molecule has 3 heteroatoms. The highest BCUT2D eigenvalue weighted by molar-refractivity contribution is 7.16. The van der Waals surface area contributed by atoms with Gasteiger partial charge in [-0.25, -0.2) is 4.98 Å². The van der Waals surface area contributed by atoms with E-state index in [4.69, 9.17) is 0 Å². The van der Waals surface area contributed by atoms with E-state index in [0.29, 0.717) is 6.04 Å². The van der Waals surface area contributed by atoms with Crippen molar-refractivity contribution in [3.8, 4) is 0 Å². The fraction of sp³-hybridized carbons (Fsp3) is 0.500. The summed E-state index contributed by atoms with van der Waals surface area (Å²) in [6.07, 6.45) is 5.59. The Morgan fingerprint density at radius 3 is 3.00 bits per heavy atom. The fourth-order valence-corrected chi connectivity index (χ4v) is 3.50. The molecule has 1 heterocycles. The Hall–Kier alpha value is -1.09. The zero-order valence-corrected chi connectivity index (χ0v) is 11.0. The van der Waals surface area contributed by atoms with Gasteiger partial charge in [0, 0.05) is 11.7 Å². The first-order chi connectivity index (χ1) is 8.33. The van der Waals surface area contributed by atoms with Crippen LogP contribution in [0.4, 0.5) is 5.69 Å². The Balaban J connectivity index is 1.74. The van der Waals surface area contributed by atoms with E-state index >= 15 is 0 Å². The van der Waals surface area contributed by atoms with Crippen molar-refractivity contribution in [2.24, 2.45) is 5.92 Å². The van der Waals surface area contributed by atoms with Crippen molar-refractivity contribution in [1.29, 1.82) is 0 Å². The summed E-state index contributed by atoms with van der Waals surface area (Å²) in [7, 11) is 0. The summed E-state index contributed by atoms with van der Waals surface area (Å²) >= 11 is 1.71. The maximum atomic E-state index is 4.31. The van der Waals surface area contributed by atoms with E-state index in [9.17, 15) is 0 Å². The molecule has 1 N–H and O–H groups in total. The smallest absolute Gasteiger partial charge is 0.0813 e. The van der Waals surface area contributed by atoms with Gasteiger partial charge in [0.1, 0.15) is 0 Å². The second-order valence-electron chi connectivity index (χ2n) is 5.01. The molecule has 0 aliphatic heterocycles. The molecule has 1 unspecified atom stereocenters. The fourth-order valence-electron chi connectivity index (χ4n) is 2.78. The summed E-state index contributed by atoms with van der Waals surface area (Å²) < 4.78 is 1.27. The van der Waals surface area contributed by atoms with Gasteiger partial charge in [-0.2, -0.15) is 0 Å². The van der Waals surface area contributed by atoms with Crippen LogP contribution in [-0.4, -0.2) is 11.0 Å². The van der Waals surface area contributed by atoms with Crippen molar-refractivity contribution in [3.05, 3.63) is 23.7 Å². The van der Waals surface area contributed by atoms with E-state index in [0.717, 1.165) is 11.4 Å². The lowest BCUT2D eigenvalue weighted by molar-refractivity contribution is 0.482. The van der Waals surface area contributed by atoms with E-state index in [-0.39, 0.29) is 0 Å². The molecule has 3 rings (SSSR count). The van der Waals surface area contributed by atoms with Gasteiger partial charge in [-0.15, -0.1) is 11.3 Å². The minimum absolute atomic E-state index is 0.586. The van der Waals surface area contributed by atoms with Crippen LogP contribution >= 0.6 is 11.3 Å². The first-order valence-corrected chi connectivity index (χ1v) is 7.31. The number of thiazole rings is 1. The van der Waals surface area contributed by atoms with Crippen LogP contribution in [0.3, 0.4) is 0 Å². The Bertz CT molecular complexity index is 500. The van der Waals surface area contributed by atoms with Crippen LogP contribution < -0.4 is 5.32 Å².